The van der Waals surface area contributed by atoms with Crippen LogP contribution in [0.5, 0.6) is 0 Å². The summed E-state index contributed by atoms with van der Waals surface area (Å²) in [5, 5.41) is 8.06. The Morgan fingerprint density at radius 2 is 2.23 bits per heavy atom. The topological polar surface area (TPSA) is 46.0 Å². The average Bonchev–Trinajstić information content (AvgIpc) is 2.59. The van der Waals surface area contributed by atoms with E-state index in [1.54, 1.807) is 0 Å². The minimum Gasteiger partial charge on any atom is -0.479 e. The Morgan fingerprint density at radius 1 is 1.46 bits per heavy atom. The van der Waals surface area contributed by atoms with Crippen LogP contribution in [0.3, 0.4) is 0 Å². The molecule has 2 aromatic rings. The fourth-order valence-electron chi connectivity index (χ4n) is 1.06. The fourth-order valence-corrected chi connectivity index (χ4v) is 1.95. The van der Waals surface area contributed by atoms with Crippen LogP contribution in [0.4, 0.5) is 0 Å². The smallest absolute Gasteiger partial charge is 0.242 e. The van der Waals surface area contributed by atoms with Crippen molar-refractivity contribution in [1.29, 1.82) is 5.41 Å². The highest BCUT2D eigenvalue weighted by atomic mass is 32.1. The molecule has 66 valence electrons. The van der Waals surface area contributed by atoms with Gasteiger partial charge in [-0.1, -0.05) is 12.1 Å². The van der Waals surface area contributed by atoms with Gasteiger partial charge in [0.1, 0.15) is 0 Å². The van der Waals surface area contributed by atoms with Crippen LogP contribution in [0.1, 0.15) is 5.01 Å². The molecule has 0 bridgehead atoms. The summed E-state index contributed by atoms with van der Waals surface area (Å²) in [7, 11) is 1.48. The Hall–Kier alpha value is -1.42. The minimum atomic E-state index is 0.126. The van der Waals surface area contributed by atoms with Gasteiger partial charge in [0.15, 0.2) is 5.01 Å². The molecule has 1 N–H and O–H groups in total. The molecule has 3 nitrogen and oxygen atoms in total. The normalized spacial score (nSPS) is 10.2. The molecule has 0 unspecified atom stereocenters. The predicted octanol–water partition coefficient (Wildman–Crippen LogP) is 2.27. The van der Waals surface area contributed by atoms with E-state index in [1.165, 1.54) is 18.4 Å². The Bertz CT molecular complexity index is 417. The van der Waals surface area contributed by atoms with Crippen molar-refractivity contribution in [2.75, 3.05) is 7.11 Å². The number of fused-ring (bicyclic) bond motifs is 1. The number of hydrogen-bond donors (Lipinski definition) is 1. The van der Waals surface area contributed by atoms with E-state index in [9.17, 15) is 0 Å². The second-order valence-corrected chi connectivity index (χ2v) is 3.55. The number of hydrogen-bond acceptors (Lipinski definition) is 4. The zero-order valence-electron chi connectivity index (χ0n) is 7.07. The van der Waals surface area contributed by atoms with Gasteiger partial charge in [0, 0.05) is 0 Å². The van der Waals surface area contributed by atoms with Crippen molar-refractivity contribution in [3.8, 4) is 0 Å². The third kappa shape index (κ3) is 1.40. The van der Waals surface area contributed by atoms with Crippen LogP contribution in [-0.2, 0) is 4.74 Å². The summed E-state index contributed by atoms with van der Waals surface area (Å²) < 4.78 is 5.88. The number of nitrogens with zero attached hydrogens (tertiary/aromatic N) is 1. The maximum absolute atomic E-state index is 7.44. The maximum atomic E-state index is 7.44. The summed E-state index contributed by atoms with van der Waals surface area (Å²) in [6.07, 6.45) is 0. The number of rotatable bonds is 1. The lowest BCUT2D eigenvalue weighted by atomic mass is 10.3. The number of para-hydroxylation sites is 1. The first kappa shape index (κ1) is 8.19. The second-order valence-electron chi connectivity index (χ2n) is 2.52. The molecule has 0 amide bonds. The van der Waals surface area contributed by atoms with E-state index in [1.807, 2.05) is 24.3 Å². The summed E-state index contributed by atoms with van der Waals surface area (Å²) in [5.74, 6) is 0.126. The van der Waals surface area contributed by atoms with Crippen LogP contribution >= 0.6 is 11.3 Å². The third-order valence-electron chi connectivity index (χ3n) is 1.69. The molecule has 0 aliphatic rings. The van der Waals surface area contributed by atoms with Crippen LogP contribution in [0.15, 0.2) is 24.3 Å². The highest BCUT2D eigenvalue weighted by molar-refractivity contribution is 7.20. The minimum absolute atomic E-state index is 0.126. The van der Waals surface area contributed by atoms with Crippen LogP contribution < -0.4 is 0 Å². The Balaban J connectivity index is 2.56. The summed E-state index contributed by atoms with van der Waals surface area (Å²) in [5.41, 5.74) is 0.921. The maximum Gasteiger partial charge on any atom is 0.242 e. The van der Waals surface area contributed by atoms with Crippen molar-refractivity contribution in [2.45, 2.75) is 0 Å². The van der Waals surface area contributed by atoms with Gasteiger partial charge in [-0.05, 0) is 12.1 Å². The number of methoxy groups -OCH3 is 1. The molecule has 0 fully saturated rings. The summed E-state index contributed by atoms with van der Waals surface area (Å²) >= 11 is 1.47. The van der Waals surface area contributed by atoms with Crippen molar-refractivity contribution in [2.24, 2.45) is 0 Å². The van der Waals surface area contributed by atoms with Gasteiger partial charge in [0.2, 0.25) is 5.90 Å². The third-order valence-corrected chi connectivity index (χ3v) is 2.73. The number of ether oxygens (including phenoxy) is 1. The summed E-state index contributed by atoms with van der Waals surface area (Å²) in [6, 6.07) is 7.81. The molecule has 0 radical (unpaired) electrons. The van der Waals surface area contributed by atoms with Crippen molar-refractivity contribution in [3.05, 3.63) is 29.3 Å². The average molecular weight is 192 g/mol. The molecule has 0 aliphatic heterocycles. The predicted molar refractivity (Wildman–Crippen MR) is 53.5 cm³/mol. The zero-order valence-corrected chi connectivity index (χ0v) is 7.89. The SMILES string of the molecule is COC(=N)c1nc2ccccc2s1. The lowest BCUT2D eigenvalue weighted by Crippen LogP contribution is -1.99. The largest absolute Gasteiger partial charge is 0.479 e. The highest BCUT2D eigenvalue weighted by Gasteiger charge is 2.07. The van der Waals surface area contributed by atoms with Gasteiger partial charge in [-0.25, -0.2) is 4.98 Å². The van der Waals surface area contributed by atoms with Crippen molar-refractivity contribution >= 4 is 27.5 Å². The van der Waals surface area contributed by atoms with E-state index in [0.717, 1.165) is 10.2 Å². The van der Waals surface area contributed by atoms with Gasteiger partial charge in [-0.2, -0.15) is 0 Å². The first-order valence-electron chi connectivity index (χ1n) is 3.80. The molecule has 13 heavy (non-hydrogen) atoms. The molecule has 4 heteroatoms. The standard InChI is InChI=1S/C9H8N2OS/c1-12-8(10)9-11-6-4-2-3-5-7(6)13-9/h2-5,10H,1H3. The van der Waals surface area contributed by atoms with Crippen LogP contribution in [0, 0.1) is 5.41 Å². The first-order valence-corrected chi connectivity index (χ1v) is 4.61. The monoisotopic (exact) mass is 192 g/mol. The number of benzene rings is 1. The molecule has 0 saturated heterocycles. The number of thiazole rings is 1. The highest BCUT2D eigenvalue weighted by Crippen LogP contribution is 2.21. The summed E-state index contributed by atoms with van der Waals surface area (Å²) in [6.45, 7) is 0. The molecule has 1 aromatic carbocycles. The lowest BCUT2D eigenvalue weighted by molar-refractivity contribution is 0.401. The molecular formula is C9H8N2OS. The Kier molecular flexibility index (Phi) is 1.98. The molecule has 1 aromatic heterocycles. The van der Waals surface area contributed by atoms with Gasteiger partial charge in [0.05, 0.1) is 17.3 Å². The molecule has 0 atom stereocenters. The van der Waals surface area contributed by atoms with Crippen molar-refractivity contribution in [1.82, 2.24) is 4.98 Å². The van der Waals surface area contributed by atoms with E-state index in [0.29, 0.717) is 5.01 Å². The Morgan fingerprint density at radius 3 is 2.92 bits per heavy atom. The van der Waals surface area contributed by atoms with Gasteiger partial charge >= 0.3 is 0 Å². The molecule has 2 rings (SSSR count). The van der Waals surface area contributed by atoms with Gasteiger partial charge < -0.3 is 4.74 Å². The van der Waals surface area contributed by atoms with Gasteiger partial charge in [0.25, 0.3) is 0 Å². The zero-order chi connectivity index (χ0) is 9.26. The van der Waals surface area contributed by atoms with Gasteiger partial charge in [-0.3, -0.25) is 5.41 Å². The first-order chi connectivity index (χ1) is 6.31. The van der Waals surface area contributed by atoms with E-state index in [2.05, 4.69) is 4.98 Å². The molecular weight excluding hydrogens is 184 g/mol. The second kappa shape index (κ2) is 3.14. The van der Waals surface area contributed by atoms with Crippen LogP contribution in [0.25, 0.3) is 10.2 Å². The van der Waals surface area contributed by atoms with E-state index >= 15 is 0 Å². The van der Waals surface area contributed by atoms with Crippen LogP contribution in [-0.4, -0.2) is 18.0 Å². The van der Waals surface area contributed by atoms with Gasteiger partial charge in [-0.15, -0.1) is 11.3 Å². The van der Waals surface area contributed by atoms with E-state index in [4.69, 9.17) is 10.1 Å². The Labute approximate surface area is 79.5 Å². The molecule has 0 aliphatic carbocycles. The van der Waals surface area contributed by atoms with E-state index in [-0.39, 0.29) is 5.90 Å². The lowest BCUT2D eigenvalue weighted by Gasteiger charge is -1.93. The fraction of sp³-hybridized carbons (Fsp3) is 0.111. The van der Waals surface area contributed by atoms with Crippen molar-refractivity contribution < 1.29 is 4.74 Å². The summed E-state index contributed by atoms with van der Waals surface area (Å²) in [4.78, 5) is 4.25. The van der Waals surface area contributed by atoms with Crippen molar-refractivity contribution in [3.63, 3.8) is 0 Å². The van der Waals surface area contributed by atoms with E-state index < -0.39 is 0 Å². The number of aromatic nitrogens is 1. The molecule has 1 heterocycles. The number of nitrogens with one attached hydrogen (secondary N) is 1. The quantitative estimate of drug-likeness (QED) is 0.556. The molecule has 0 saturated carbocycles. The molecule has 0 spiro atoms. The van der Waals surface area contributed by atoms with Crippen LogP contribution in [0.2, 0.25) is 0 Å².